The summed E-state index contributed by atoms with van der Waals surface area (Å²) in [6, 6.07) is 2.17. The third-order valence-electron chi connectivity index (χ3n) is 0.535. The minimum absolute atomic E-state index is 0.0407. The van der Waals surface area contributed by atoms with E-state index >= 15 is 0 Å². The van der Waals surface area contributed by atoms with E-state index in [1.807, 2.05) is 6.92 Å². The summed E-state index contributed by atoms with van der Waals surface area (Å²) in [4.78, 5) is 2.14. The van der Waals surface area contributed by atoms with Crippen molar-refractivity contribution in [2.45, 2.75) is 15.9 Å². The van der Waals surface area contributed by atoms with E-state index in [4.69, 9.17) is 5.26 Å². The molecular formula is C4H7NTe. The van der Waals surface area contributed by atoms with Gasteiger partial charge in [-0.05, 0) is 0 Å². The van der Waals surface area contributed by atoms with Gasteiger partial charge in [0.1, 0.15) is 0 Å². The van der Waals surface area contributed by atoms with E-state index in [2.05, 4.69) is 11.0 Å². The molecule has 34 valence electrons. The average Bonchev–Trinajstić information content (AvgIpc) is 1.65. The molecule has 0 aromatic heterocycles. The van der Waals surface area contributed by atoms with Crippen LogP contribution >= 0.6 is 0 Å². The van der Waals surface area contributed by atoms with Gasteiger partial charge in [0.05, 0.1) is 0 Å². The van der Waals surface area contributed by atoms with Crippen molar-refractivity contribution in [2.75, 3.05) is 0 Å². The Kier molecular flexibility index (Phi) is 3.63. The van der Waals surface area contributed by atoms with Crippen LogP contribution in [0.15, 0.2) is 0 Å². The Hall–Kier alpha value is 0.280. The number of nitriles is 1. The van der Waals surface area contributed by atoms with E-state index in [1.54, 1.807) is 0 Å². The number of hydrogen-bond donors (Lipinski definition) is 0. The molecule has 1 nitrogen and oxygen atoms in total. The quantitative estimate of drug-likeness (QED) is 0.576. The second-order valence-corrected chi connectivity index (χ2v) is 4.37. The van der Waals surface area contributed by atoms with Gasteiger partial charge in [0.15, 0.2) is 0 Å². The van der Waals surface area contributed by atoms with Crippen molar-refractivity contribution in [3.05, 3.63) is 0 Å². The summed E-state index contributed by atoms with van der Waals surface area (Å²) in [6.45, 7) is 1.97. The summed E-state index contributed by atoms with van der Waals surface area (Å²) in [5.41, 5.74) is 0. The molecule has 0 radical (unpaired) electrons. The molecule has 0 N–H and O–H groups in total. The van der Waals surface area contributed by atoms with Crippen LogP contribution in [0.3, 0.4) is 0 Å². The van der Waals surface area contributed by atoms with Crippen LogP contribution in [0.25, 0.3) is 0 Å². The number of nitrogens with zero attached hydrogens (tertiary/aromatic N) is 1. The van der Waals surface area contributed by atoms with E-state index in [-0.39, 0.29) is 20.9 Å². The maximum atomic E-state index is 8.12. The molecule has 0 aliphatic carbocycles. The molecular weight excluding hydrogens is 190 g/mol. The first-order valence-corrected chi connectivity index (χ1v) is 5.41. The molecule has 0 aromatic rings. The Morgan fingerprint density at radius 2 is 2.33 bits per heavy atom. The van der Waals surface area contributed by atoms with Crippen LogP contribution in [0, 0.1) is 11.3 Å². The molecule has 0 saturated heterocycles. The summed E-state index contributed by atoms with van der Waals surface area (Å²) in [5.74, 6) is 0. The fourth-order valence-corrected chi connectivity index (χ4v) is 0.354. The molecule has 2 heteroatoms. The minimum atomic E-state index is 0.0407. The molecule has 0 saturated carbocycles. The Bertz CT molecular complexity index is 64.4. The van der Waals surface area contributed by atoms with Crippen LogP contribution in [0.5, 0.6) is 0 Å². The van der Waals surface area contributed by atoms with Gasteiger partial charge < -0.3 is 0 Å². The molecule has 0 bridgehead atoms. The second kappa shape index (κ2) is 3.47. The predicted molar refractivity (Wildman–Crippen MR) is 26.7 cm³/mol. The van der Waals surface area contributed by atoms with Crippen LogP contribution in [-0.4, -0.2) is 20.9 Å². The van der Waals surface area contributed by atoms with Crippen molar-refractivity contribution in [2.24, 2.45) is 0 Å². The van der Waals surface area contributed by atoms with E-state index in [1.165, 1.54) is 0 Å². The SMILES string of the molecule is C[Te]C(C)C#N. The average molecular weight is 197 g/mol. The second-order valence-electron chi connectivity index (χ2n) is 1.01. The van der Waals surface area contributed by atoms with Gasteiger partial charge in [-0.25, -0.2) is 0 Å². The molecule has 0 heterocycles. The predicted octanol–water partition coefficient (Wildman–Crippen LogP) is 1.07. The van der Waals surface area contributed by atoms with E-state index in [9.17, 15) is 0 Å². The molecule has 0 aliphatic heterocycles. The third kappa shape index (κ3) is 2.51. The van der Waals surface area contributed by atoms with Gasteiger partial charge in [-0.15, -0.1) is 0 Å². The zero-order valence-corrected chi connectivity index (χ0v) is 6.26. The van der Waals surface area contributed by atoms with Gasteiger partial charge in [-0.1, -0.05) is 0 Å². The van der Waals surface area contributed by atoms with Crippen LogP contribution < -0.4 is 0 Å². The standard InChI is InChI=1S/C4H7NTe/c1-4(3-5)6-2/h4H,1-2H3. The summed E-state index contributed by atoms with van der Waals surface area (Å²) in [7, 11) is 0. The van der Waals surface area contributed by atoms with Crippen molar-refractivity contribution in [1.29, 1.82) is 5.26 Å². The molecule has 0 aromatic carbocycles. The van der Waals surface area contributed by atoms with Crippen molar-refractivity contribution in [3.8, 4) is 6.07 Å². The summed E-state index contributed by atoms with van der Waals surface area (Å²) in [6.07, 6.45) is 0. The normalized spacial score (nSPS) is 12.8. The van der Waals surface area contributed by atoms with E-state index < -0.39 is 0 Å². The summed E-state index contributed by atoms with van der Waals surface area (Å²) >= 11 is 0.0407. The molecule has 6 heavy (non-hydrogen) atoms. The molecule has 1 atom stereocenters. The first kappa shape index (κ1) is 6.28. The fraction of sp³-hybridized carbons (Fsp3) is 0.750. The monoisotopic (exact) mass is 199 g/mol. The van der Waals surface area contributed by atoms with Crippen LogP contribution in [-0.2, 0) is 0 Å². The third-order valence-corrected chi connectivity index (χ3v) is 2.85. The first-order valence-electron chi connectivity index (χ1n) is 1.73. The Morgan fingerprint density at radius 3 is 2.33 bits per heavy atom. The van der Waals surface area contributed by atoms with Gasteiger partial charge in [0, 0.05) is 0 Å². The van der Waals surface area contributed by atoms with Gasteiger partial charge >= 0.3 is 48.1 Å². The van der Waals surface area contributed by atoms with Crippen LogP contribution in [0.4, 0.5) is 0 Å². The molecule has 1 unspecified atom stereocenters. The fourth-order valence-electron chi connectivity index (χ4n) is 0.0527. The van der Waals surface area contributed by atoms with Crippen LogP contribution in [0.1, 0.15) is 6.92 Å². The molecule has 0 rings (SSSR count). The van der Waals surface area contributed by atoms with Crippen molar-refractivity contribution in [3.63, 3.8) is 0 Å². The molecule has 0 fully saturated rings. The van der Waals surface area contributed by atoms with E-state index in [0.717, 1.165) is 0 Å². The molecule has 0 amide bonds. The Labute approximate surface area is 48.4 Å². The Morgan fingerprint density at radius 1 is 1.83 bits per heavy atom. The summed E-state index contributed by atoms with van der Waals surface area (Å²) < 4.78 is 0.371. The van der Waals surface area contributed by atoms with Crippen molar-refractivity contribution >= 4 is 20.9 Å². The first-order chi connectivity index (χ1) is 2.81. The van der Waals surface area contributed by atoms with Crippen molar-refractivity contribution < 1.29 is 0 Å². The molecule has 0 spiro atoms. The van der Waals surface area contributed by atoms with Gasteiger partial charge in [0.25, 0.3) is 0 Å². The molecule has 0 aliphatic rings. The summed E-state index contributed by atoms with van der Waals surface area (Å²) in [5, 5.41) is 8.12. The van der Waals surface area contributed by atoms with E-state index in [0.29, 0.717) is 3.97 Å². The maximum absolute atomic E-state index is 8.12. The topological polar surface area (TPSA) is 23.8 Å². The van der Waals surface area contributed by atoms with Crippen LogP contribution in [0.2, 0.25) is 8.94 Å². The Balaban J connectivity index is 3.04. The zero-order valence-electron chi connectivity index (χ0n) is 3.93. The zero-order chi connectivity index (χ0) is 4.99. The van der Waals surface area contributed by atoms with Crippen molar-refractivity contribution in [1.82, 2.24) is 0 Å². The number of rotatable bonds is 1. The van der Waals surface area contributed by atoms with Gasteiger partial charge in [0.2, 0.25) is 0 Å². The van der Waals surface area contributed by atoms with Gasteiger partial charge in [-0.3, -0.25) is 0 Å². The van der Waals surface area contributed by atoms with Gasteiger partial charge in [-0.2, -0.15) is 0 Å². The number of hydrogen-bond acceptors (Lipinski definition) is 1.